The van der Waals surface area contributed by atoms with Crippen molar-refractivity contribution in [2.24, 2.45) is 0 Å². The van der Waals surface area contributed by atoms with Crippen molar-refractivity contribution >= 4 is 17.0 Å². The molecule has 2 rings (SSSR count). The molecule has 4 heteroatoms. The lowest BCUT2D eigenvalue weighted by Crippen LogP contribution is -2.15. The highest BCUT2D eigenvalue weighted by atomic mass is 32.1. The van der Waals surface area contributed by atoms with Gasteiger partial charge in [-0.15, -0.1) is 11.3 Å². The third-order valence-corrected chi connectivity index (χ3v) is 3.55. The van der Waals surface area contributed by atoms with Gasteiger partial charge in [-0.25, -0.2) is 4.39 Å². The molecule has 2 nitrogen and oxygen atoms in total. The maximum absolute atomic E-state index is 12.8. The maximum atomic E-state index is 12.8. The summed E-state index contributed by atoms with van der Waals surface area (Å²) in [7, 11) is 1.96. The Morgan fingerprint density at radius 2 is 2.05 bits per heavy atom. The monoisotopic (exact) mass is 275 g/mol. The molecule has 0 fully saturated rings. The summed E-state index contributed by atoms with van der Waals surface area (Å²) in [5.41, 5.74) is 1.89. The molecule has 1 aromatic heterocycles. The zero-order valence-corrected chi connectivity index (χ0v) is 11.4. The van der Waals surface area contributed by atoms with Gasteiger partial charge in [-0.3, -0.25) is 0 Å². The highest BCUT2D eigenvalue weighted by molar-refractivity contribution is 7.10. The molecule has 19 heavy (non-hydrogen) atoms. The van der Waals surface area contributed by atoms with Crippen molar-refractivity contribution in [1.82, 2.24) is 0 Å². The Kier molecular flexibility index (Phi) is 4.56. The number of anilines is 1. The first kappa shape index (κ1) is 13.6. The Bertz CT molecular complexity index is 595. The number of aliphatic hydroxyl groups is 1. The summed E-state index contributed by atoms with van der Waals surface area (Å²) in [6, 6.07) is 8.44. The van der Waals surface area contributed by atoms with Gasteiger partial charge in [-0.2, -0.15) is 0 Å². The van der Waals surface area contributed by atoms with Gasteiger partial charge in [0.1, 0.15) is 12.4 Å². The quantitative estimate of drug-likeness (QED) is 0.871. The molecule has 0 saturated carbocycles. The van der Waals surface area contributed by atoms with E-state index >= 15 is 0 Å². The fourth-order valence-corrected chi connectivity index (χ4v) is 2.56. The van der Waals surface area contributed by atoms with Crippen LogP contribution in [0.2, 0.25) is 0 Å². The fraction of sp³-hybridized carbons (Fsp3) is 0.200. The summed E-state index contributed by atoms with van der Waals surface area (Å²) in [6.45, 7) is 0.623. The van der Waals surface area contributed by atoms with Crippen molar-refractivity contribution in [2.45, 2.75) is 6.54 Å². The van der Waals surface area contributed by atoms with Crippen LogP contribution in [0.4, 0.5) is 10.1 Å². The van der Waals surface area contributed by atoms with Crippen molar-refractivity contribution in [3.63, 3.8) is 0 Å². The second-order valence-electron chi connectivity index (χ2n) is 4.09. The second-order valence-corrected chi connectivity index (χ2v) is 5.09. The van der Waals surface area contributed by atoms with E-state index in [0.717, 1.165) is 17.8 Å². The Morgan fingerprint density at radius 1 is 1.32 bits per heavy atom. The van der Waals surface area contributed by atoms with Crippen LogP contribution in [0.1, 0.15) is 10.4 Å². The summed E-state index contributed by atoms with van der Waals surface area (Å²) in [5, 5.41) is 10.6. The first-order chi connectivity index (χ1) is 9.19. The van der Waals surface area contributed by atoms with Gasteiger partial charge < -0.3 is 10.0 Å². The molecule has 0 aliphatic carbocycles. The lowest BCUT2D eigenvalue weighted by atomic mass is 10.2. The van der Waals surface area contributed by atoms with Crippen LogP contribution in [0.25, 0.3) is 0 Å². The summed E-state index contributed by atoms with van der Waals surface area (Å²) >= 11 is 1.63. The summed E-state index contributed by atoms with van der Waals surface area (Å²) in [4.78, 5) is 3.23. The molecule has 1 N–H and O–H groups in total. The van der Waals surface area contributed by atoms with Gasteiger partial charge in [0.05, 0.1) is 6.54 Å². The minimum Gasteiger partial charge on any atom is -0.384 e. The largest absolute Gasteiger partial charge is 0.384 e. The number of rotatable bonds is 3. The van der Waals surface area contributed by atoms with E-state index in [0.29, 0.717) is 0 Å². The molecule has 98 valence electrons. The van der Waals surface area contributed by atoms with Crippen LogP contribution in [0.5, 0.6) is 0 Å². The third-order valence-electron chi connectivity index (χ3n) is 2.63. The molecule has 0 saturated heterocycles. The van der Waals surface area contributed by atoms with Gasteiger partial charge in [-0.05, 0) is 30.3 Å². The average molecular weight is 275 g/mol. The lowest BCUT2D eigenvalue weighted by molar-refractivity contribution is 0.350. The Hall–Kier alpha value is -1.83. The molecule has 1 aromatic carbocycles. The van der Waals surface area contributed by atoms with Crippen LogP contribution < -0.4 is 4.90 Å². The first-order valence-corrected chi connectivity index (χ1v) is 6.71. The predicted octanol–water partition coefficient (Wildman–Crippen LogP) is 2.87. The van der Waals surface area contributed by atoms with Crippen molar-refractivity contribution in [1.29, 1.82) is 0 Å². The topological polar surface area (TPSA) is 23.5 Å². The van der Waals surface area contributed by atoms with Crippen LogP contribution in [0.15, 0.2) is 35.7 Å². The number of aliphatic hydroxyl groups excluding tert-OH is 1. The number of halogens is 1. The SMILES string of the molecule is CN(Cc1cc(C#CCO)cs1)c1ccc(F)cc1. The smallest absolute Gasteiger partial charge is 0.123 e. The molecule has 0 spiro atoms. The second kappa shape index (κ2) is 6.37. The van der Waals surface area contributed by atoms with E-state index in [1.165, 1.54) is 17.0 Å². The molecule has 0 aliphatic rings. The first-order valence-electron chi connectivity index (χ1n) is 5.83. The van der Waals surface area contributed by atoms with Crippen molar-refractivity contribution in [2.75, 3.05) is 18.6 Å². The molecular formula is C15H14FNOS. The molecule has 2 aromatic rings. The number of hydrogen-bond donors (Lipinski definition) is 1. The molecule has 0 aliphatic heterocycles. The summed E-state index contributed by atoms with van der Waals surface area (Å²) in [5.74, 6) is 5.28. The Labute approximate surface area is 116 Å². The van der Waals surface area contributed by atoms with Crippen LogP contribution in [-0.2, 0) is 6.54 Å². The molecule has 0 bridgehead atoms. The van der Waals surface area contributed by atoms with Crippen molar-refractivity contribution < 1.29 is 9.50 Å². The van der Waals surface area contributed by atoms with E-state index in [9.17, 15) is 4.39 Å². The van der Waals surface area contributed by atoms with Gasteiger partial charge in [0, 0.05) is 28.6 Å². The van der Waals surface area contributed by atoms with Gasteiger partial charge in [0.2, 0.25) is 0 Å². The Morgan fingerprint density at radius 3 is 2.74 bits per heavy atom. The van der Waals surface area contributed by atoms with E-state index in [1.54, 1.807) is 23.5 Å². The summed E-state index contributed by atoms with van der Waals surface area (Å²) < 4.78 is 12.8. The molecule has 0 unspecified atom stereocenters. The predicted molar refractivity (Wildman–Crippen MR) is 76.8 cm³/mol. The van der Waals surface area contributed by atoms with E-state index in [1.807, 2.05) is 18.5 Å². The van der Waals surface area contributed by atoms with Crippen LogP contribution in [-0.4, -0.2) is 18.8 Å². The van der Waals surface area contributed by atoms with Crippen molar-refractivity contribution in [3.05, 3.63) is 52.0 Å². The van der Waals surface area contributed by atoms with Crippen molar-refractivity contribution in [3.8, 4) is 11.8 Å². The minimum atomic E-state index is -0.227. The third kappa shape index (κ3) is 3.82. The van der Waals surface area contributed by atoms with E-state index in [-0.39, 0.29) is 12.4 Å². The van der Waals surface area contributed by atoms with Gasteiger partial charge in [0.15, 0.2) is 0 Å². The molecule has 0 amide bonds. The fourth-order valence-electron chi connectivity index (χ4n) is 1.69. The molecular weight excluding hydrogens is 261 g/mol. The maximum Gasteiger partial charge on any atom is 0.123 e. The van der Waals surface area contributed by atoms with Crippen LogP contribution in [0, 0.1) is 17.7 Å². The average Bonchev–Trinajstić information content (AvgIpc) is 2.84. The minimum absolute atomic E-state index is 0.124. The van der Waals surface area contributed by atoms with E-state index < -0.39 is 0 Å². The summed E-state index contributed by atoms with van der Waals surface area (Å²) in [6.07, 6.45) is 0. The van der Waals surface area contributed by atoms with Crippen LogP contribution in [0.3, 0.4) is 0 Å². The molecule has 0 atom stereocenters. The number of nitrogens with zero attached hydrogens (tertiary/aromatic N) is 1. The lowest BCUT2D eigenvalue weighted by Gasteiger charge is -2.18. The highest BCUT2D eigenvalue weighted by Crippen LogP contribution is 2.20. The van der Waals surface area contributed by atoms with E-state index in [4.69, 9.17) is 5.11 Å². The number of thiophene rings is 1. The normalized spacial score (nSPS) is 9.84. The molecule has 0 radical (unpaired) electrons. The standard InChI is InChI=1S/C15H14FNOS/c1-17(14-6-4-13(16)5-7-14)10-15-9-12(11-19-15)3-2-8-18/h4-7,9,11,18H,8,10H2,1H3. The van der Waals surface area contributed by atoms with Gasteiger partial charge in [-0.1, -0.05) is 11.8 Å². The number of benzene rings is 1. The highest BCUT2D eigenvalue weighted by Gasteiger charge is 2.04. The van der Waals surface area contributed by atoms with Gasteiger partial charge >= 0.3 is 0 Å². The Balaban J connectivity index is 2.04. The van der Waals surface area contributed by atoms with E-state index in [2.05, 4.69) is 16.7 Å². The van der Waals surface area contributed by atoms with Gasteiger partial charge in [0.25, 0.3) is 0 Å². The number of hydrogen-bond acceptors (Lipinski definition) is 3. The zero-order chi connectivity index (χ0) is 13.7. The zero-order valence-electron chi connectivity index (χ0n) is 10.6. The van der Waals surface area contributed by atoms with Crippen LogP contribution >= 0.6 is 11.3 Å². The molecule has 1 heterocycles.